The zero-order valence-electron chi connectivity index (χ0n) is 9.35. The number of aliphatic carboxylic acids is 2. The summed E-state index contributed by atoms with van der Waals surface area (Å²) in [5, 5.41) is 18.0. The zero-order valence-corrected chi connectivity index (χ0v) is 9.35. The highest BCUT2D eigenvalue weighted by Gasteiger charge is 2.42. The maximum absolute atomic E-state index is 11.0. The fraction of sp³-hybridized carbons (Fsp3) is 0.385. The Hall–Kier alpha value is -1.84. The van der Waals surface area contributed by atoms with Gasteiger partial charge >= 0.3 is 11.9 Å². The van der Waals surface area contributed by atoms with E-state index in [1.165, 1.54) is 0 Å². The number of carboxylic acid groups (broad SMARTS) is 2. The molecule has 17 heavy (non-hydrogen) atoms. The molecule has 1 aliphatic carbocycles. The van der Waals surface area contributed by atoms with Crippen LogP contribution >= 0.6 is 0 Å². The van der Waals surface area contributed by atoms with Crippen LogP contribution in [-0.2, 0) is 21.4 Å². The molecule has 0 aliphatic heterocycles. The van der Waals surface area contributed by atoms with Gasteiger partial charge in [0.05, 0.1) is 12.8 Å². The number of carboxylic acids is 2. The Morgan fingerprint density at radius 1 is 1.12 bits per heavy atom. The standard InChI is InChI=1S/C13H14O4/c14-11(15)7-13(8-12(16)17)6-5-9-3-1-2-4-10(9)13/h1-4H,5-8H2,(H,14,15)(H,16,17). The van der Waals surface area contributed by atoms with Crippen molar-refractivity contribution in [3.63, 3.8) is 0 Å². The van der Waals surface area contributed by atoms with Crippen LogP contribution < -0.4 is 0 Å². The van der Waals surface area contributed by atoms with Crippen LogP contribution in [0, 0.1) is 0 Å². The van der Waals surface area contributed by atoms with Crippen LogP contribution in [0.5, 0.6) is 0 Å². The summed E-state index contributed by atoms with van der Waals surface area (Å²) < 4.78 is 0. The van der Waals surface area contributed by atoms with E-state index >= 15 is 0 Å². The van der Waals surface area contributed by atoms with Crippen molar-refractivity contribution in [2.75, 3.05) is 0 Å². The Morgan fingerprint density at radius 3 is 2.29 bits per heavy atom. The molecule has 0 aromatic heterocycles. The fourth-order valence-corrected chi connectivity index (χ4v) is 2.77. The molecule has 90 valence electrons. The van der Waals surface area contributed by atoms with E-state index in [1.807, 2.05) is 24.3 Å². The summed E-state index contributed by atoms with van der Waals surface area (Å²) >= 11 is 0. The molecule has 0 saturated carbocycles. The van der Waals surface area contributed by atoms with Crippen LogP contribution in [0.2, 0.25) is 0 Å². The monoisotopic (exact) mass is 234 g/mol. The lowest BCUT2D eigenvalue weighted by atomic mass is 9.76. The second-order valence-corrected chi connectivity index (χ2v) is 4.58. The van der Waals surface area contributed by atoms with E-state index in [9.17, 15) is 9.59 Å². The Kier molecular flexibility index (Phi) is 2.88. The molecule has 0 bridgehead atoms. The van der Waals surface area contributed by atoms with Crippen molar-refractivity contribution in [2.24, 2.45) is 0 Å². The van der Waals surface area contributed by atoms with Crippen molar-refractivity contribution < 1.29 is 19.8 Å². The predicted molar refractivity (Wildman–Crippen MR) is 60.9 cm³/mol. The van der Waals surface area contributed by atoms with Crippen LogP contribution in [0.1, 0.15) is 30.4 Å². The molecule has 0 amide bonds. The van der Waals surface area contributed by atoms with Crippen molar-refractivity contribution in [2.45, 2.75) is 31.1 Å². The molecule has 0 spiro atoms. The van der Waals surface area contributed by atoms with Gasteiger partial charge in [0.2, 0.25) is 0 Å². The van der Waals surface area contributed by atoms with Crippen molar-refractivity contribution >= 4 is 11.9 Å². The average molecular weight is 234 g/mol. The molecule has 2 N–H and O–H groups in total. The number of aryl methyl sites for hydroxylation is 1. The van der Waals surface area contributed by atoms with Gasteiger partial charge in [-0.15, -0.1) is 0 Å². The maximum atomic E-state index is 11.0. The largest absolute Gasteiger partial charge is 0.481 e. The Labute approximate surface area is 98.9 Å². The van der Waals surface area contributed by atoms with Crippen molar-refractivity contribution in [3.8, 4) is 0 Å². The molecule has 4 nitrogen and oxygen atoms in total. The van der Waals surface area contributed by atoms with Crippen LogP contribution in [0.4, 0.5) is 0 Å². The SMILES string of the molecule is O=C(O)CC1(CC(=O)O)CCc2ccccc21. The Morgan fingerprint density at radius 2 is 1.71 bits per heavy atom. The van der Waals surface area contributed by atoms with E-state index in [-0.39, 0.29) is 12.8 Å². The third kappa shape index (κ3) is 2.16. The summed E-state index contributed by atoms with van der Waals surface area (Å²) in [6.45, 7) is 0. The summed E-state index contributed by atoms with van der Waals surface area (Å²) in [7, 11) is 0. The highest BCUT2D eigenvalue weighted by Crippen LogP contribution is 2.44. The minimum atomic E-state index is -0.942. The van der Waals surface area contributed by atoms with E-state index in [2.05, 4.69) is 0 Å². The summed E-state index contributed by atoms with van der Waals surface area (Å²) in [5.74, 6) is -1.88. The second-order valence-electron chi connectivity index (χ2n) is 4.58. The molecule has 0 radical (unpaired) electrons. The third-order valence-corrected chi connectivity index (χ3v) is 3.44. The highest BCUT2D eigenvalue weighted by molar-refractivity contribution is 5.75. The molecule has 1 aromatic carbocycles. The minimum Gasteiger partial charge on any atom is -0.481 e. The molecule has 2 rings (SSSR count). The summed E-state index contributed by atoms with van der Waals surface area (Å²) in [6.07, 6.45) is 1.13. The first kappa shape index (κ1) is 11.6. The van der Waals surface area contributed by atoms with E-state index in [0.29, 0.717) is 6.42 Å². The molecule has 0 atom stereocenters. The van der Waals surface area contributed by atoms with Gasteiger partial charge in [-0.05, 0) is 24.0 Å². The van der Waals surface area contributed by atoms with Gasteiger partial charge in [0.15, 0.2) is 0 Å². The molecule has 0 unspecified atom stereocenters. The fourth-order valence-electron chi connectivity index (χ4n) is 2.77. The van der Waals surface area contributed by atoms with Gasteiger partial charge < -0.3 is 10.2 Å². The van der Waals surface area contributed by atoms with E-state index in [1.54, 1.807) is 0 Å². The topological polar surface area (TPSA) is 74.6 Å². The first-order chi connectivity index (χ1) is 8.03. The van der Waals surface area contributed by atoms with Gasteiger partial charge in [0, 0.05) is 5.41 Å². The first-order valence-electron chi connectivity index (χ1n) is 5.55. The van der Waals surface area contributed by atoms with Gasteiger partial charge in [0.25, 0.3) is 0 Å². The number of rotatable bonds is 4. The van der Waals surface area contributed by atoms with Crippen LogP contribution in [0.3, 0.4) is 0 Å². The van der Waals surface area contributed by atoms with Gasteiger partial charge in [-0.2, -0.15) is 0 Å². The van der Waals surface area contributed by atoms with Gasteiger partial charge in [-0.1, -0.05) is 24.3 Å². The highest BCUT2D eigenvalue weighted by atomic mass is 16.4. The number of hydrogen-bond donors (Lipinski definition) is 2. The number of benzene rings is 1. The summed E-state index contributed by atoms with van der Waals surface area (Å²) in [5.41, 5.74) is 1.24. The van der Waals surface area contributed by atoms with Crippen molar-refractivity contribution in [1.29, 1.82) is 0 Å². The zero-order chi connectivity index (χ0) is 12.5. The smallest absolute Gasteiger partial charge is 0.304 e. The van der Waals surface area contributed by atoms with Gasteiger partial charge in [0.1, 0.15) is 0 Å². The lowest BCUT2D eigenvalue weighted by molar-refractivity contribution is -0.141. The van der Waals surface area contributed by atoms with Gasteiger partial charge in [-0.3, -0.25) is 9.59 Å². The number of fused-ring (bicyclic) bond motifs is 1. The van der Waals surface area contributed by atoms with Crippen LogP contribution in [0.25, 0.3) is 0 Å². The maximum Gasteiger partial charge on any atom is 0.304 e. The molecule has 4 heteroatoms. The quantitative estimate of drug-likeness (QED) is 0.833. The lowest BCUT2D eigenvalue weighted by Gasteiger charge is -2.26. The third-order valence-electron chi connectivity index (χ3n) is 3.44. The lowest BCUT2D eigenvalue weighted by Crippen LogP contribution is -2.29. The first-order valence-corrected chi connectivity index (χ1v) is 5.55. The number of carbonyl (C=O) groups is 2. The Bertz CT molecular complexity index is 448. The molecule has 0 heterocycles. The molecule has 1 aliphatic rings. The molecular formula is C13H14O4. The van der Waals surface area contributed by atoms with Crippen molar-refractivity contribution in [1.82, 2.24) is 0 Å². The van der Waals surface area contributed by atoms with Crippen LogP contribution in [-0.4, -0.2) is 22.2 Å². The van der Waals surface area contributed by atoms with E-state index in [4.69, 9.17) is 10.2 Å². The van der Waals surface area contributed by atoms with Crippen LogP contribution in [0.15, 0.2) is 24.3 Å². The number of hydrogen-bond acceptors (Lipinski definition) is 2. The molecule has 0 fully saturated rings. The predicted octanol–water partition coefficient (Wildman–Crippen LogP) is 1.82. The molecule has 1 aromatic rings. The van der Waals surface area contributed by atoms with Gasteiger partial charge in [-0.25, -0.2) is 0 Å². The van der Waals surface area contributed by atoms with E-state index < -0.39 is 17.4 Å². The second kappa shape index (κ2) is 4.20. The molecule has 0 saturated heterocycles. The van der Waals surface area contributed by atoms with E-state index in [0.717, 1.165) is 17.5 Å². The summed E-state index contributed by atoms with van der Waals surface area (Å²) in [6, 6.07) is 7.54. The normalized spacial score (nSPS) is 16.5. The molecular weight excluding hydrogens is 220 g/mol. The minimum absolute atomic E-state index is 0.115. The van der Waals surface area contributed by atoms with Crippen molar-refractivity contribution in [3.05, 3.63) is 35.4 Å². The Balaban J connectivity index is 2.42. The average Bonchev–Trinajstić information content (AvgIpc) is 2.56. The summed E-state index contributed by atoms with van der Waals surface area (Å²) in [4.78, 5) is 21.9.